The highest BCUT2D eigenvalue weighted by Gasteiger charge is 2.50. The first-order chi connectivity index (χ1) is 13.0. The molecular weight excluding hydrogens is 365 g/mol. The molecule has 2 aliphatic rings. The van der Waals surface area contributed by atoms with Gasteiger partial charge in [0.2, 0.25) is 5.91 Å². The third kappa shape index (κ3) is 3.48. The number of fused-ring (bicyclic) bond motifs is 1. The third-order valence-electron chi connectivity index (χ3n) is 6.17. The van der Waals surface area contributed by atoms with Crippen molar-refractivity contribution in [3.8, 4) is 0 Å². The molecule has 0 radical (unpaired) electrons. The molecule has 1 N–H and O–H groups in total. The van der Waals surface area contributed by atoms with Gasteiger partial charge in [-0.05, 0) is 48.4 Å². The van der Waals surface area contributed by atoms with Crippen LogP contribution in [0, 0.1) is 17.7 Å². The van der Waals surface area contributed by atoms with Crippen molar-refractivity contribution < 1.29 is 14.3 Å². The molecule has 1 aliphatic heterocycles. The van der Waals surface area contributed by atoms with Gasteiger partial charge in [0.25, 0.3) is 0 Å². The minimum absolute atomic E-state index is 0.0201. The van der Waals surface area contributed by atoms with E-state index in [9.17, 15) is 14.3 Å². The average Bonchev–Trinajstić information content (AvgIpc) is 3.11. The molecule has 3 atom stereocenters. The van der Waals surface area contributed by atoms with Gasteiger partial charge in [-0.25, -0.2) is 4.39 Å². The van der Waals surface area contributed by atoms with Crippen molar-refractivity contribution >= 4 is 17.5 Å². The first-order valence-electron chi connectivity index (χ1n) is 9.47. The summed E-state index contributed by atoms with van der Waals surface area (Å²) in [5.74, 6) is -0.0810. The molecule has 2 aromatic rings. The fourth-order valence-corrected chi connectivity index (χ4v) is 4.99. The summed E-state index contributed by atoms with van der Waals surface area (Å²) in [6.07, 6.45) is 2.87. The number of hydrogen-bond donors (Lipinski definition) is 1. The summed E-state index contributed by atoms with van der Waals surface area (Å²) in [7, 11) is 0. The Hall–Kier alpha value is -1.91. The van der Waals surface area contributed by atoms with E-state index in [-0.39, 0.29) is 23.3 Å². The molecule has 1 aliphatic carbocycles. The molecule has 0 spiro atoms. The molecule has 4 rings (SSSR count). The van der Waals surface area contributed by atoms with Gasteiger partial charge in [-0.3, -0.25) is 4.79 Å². The molecule has 1 amide bonds. The number of carbonyl (C=O) groups excluding carboxylic acids is 1. The zero-order chi connectivity index (χ0) is 19.0. The van der Waals surface area contributed by atoms with Crippen molar-refractivity contribution in [3.63, 3.8) is 0 Å². The molecule has 0 aromatic heterocycles. The minimum Gasteiger partial charge on any atom is -0.385 e. The van der Waals surface area contributed by atoms with Crippen molar-refractivity contribution in [2.75, 3.05) is 13.1 Å². The lowest BCUT2D eigenvalue weighted by Gasteiger charge is -2.41. The predicted molar refractivity (Wildman–Crippen MR) is 103 cm³/mol. The Morgan fingerprint density at radius 2 is 2.00 bits per heavy atom. The Labute approximate surface area is 163 Å². The van der Waals surface area contributed by atoms with Crippen LogP contribution in [0.4, 0.5) is 4.39 Å². The number of nitrogens with zero attached hydrogens (tertiary/aromatic N) is 1. The smallest absolute Gasteiger partial charge is 0.227 e. The van der Waals surface area contributed by atoms with E-state index in [0.717, 1.165) is 24.8 Å². The lowest BCUT2D eigenvalue weighted by Crippen LogP contribution is -2.43. The SMILES string of the molecule is O=C(Cc1ccc(F)cc1Cl)N1C[C@@H]2CCC[C@@](O)(c3ccccc3)[C@@H]2C1. The molecule has 1 saturated carbocycles. The third-order valence-corrected chi connectivity index (χ3v) is 6.52. The Kier molecular flexibility index (Phi) is 4.95. The van der Waals surface area contributed by atoms with Crippen LogP contribution in [-0.2, 0) is 16.8 Å². The largest absolute Gasteiger partial charge is 0.385 e. The molecular formula is C22H23ClFNO2. The summed E-state index contributed by atoms with van der Waals surface area (Å²) in [6, 6.07) is 13.9. The van der Waals surface area contributed by atoms with E-state index < -0.39 is 11.4 Å². The zero-order valence-corrected chi connectivity index (χ0v) is 15.8. The highest BCUT2D eigenvalue weighted by atomic mass is 35.5. The Bertz CT molecular complexity index is 843. The quantitative estimate of drug-likeness (QED) is 0.858. The number of benzene rings is 2. The topological polar surface area (TPSA) is 40.5 Å². The standard InChI is InChI=1S/C22H23ClFNO2/c23-20-12-18(24)9-8-15(20)11-21(26)25-13-16-5-4-10-22(27,19(16)14-25)17-6-2-1-3-7-17/h1-3,6-9,12,16,19,27H,4-5,10-11,13-14H2/t16-,19+,22+/m0/s1. The molecule has 2 fully saturated rings. The summed E-state index contributed by atoms with van der Waals surface area (Å²) in [4.78, 5) is 14.7. The van der Waals surface area contributed by atoms with Gasteiger partial charge in [-0.2, -0.15) is 0 Å². The summed E-state index contributed by atoms with van der Waals surface area (Å²) in [6.45, 7) is 1.21. The maximum atomic E-state index is 13.2. The normalized spacial score (nSPS) is 27.4. The van der Waals surface area contributed by atoms with Crippen LogP contribution < -0.4 is 0 Å². The number of aliphatic hydroxyl groups is 1. The number of likely N-dealkylation sites (tertiary alicyclic amines) is 1. The van der Waals surface area contributed by atoms with E-state index in [2.05, 4.69) is 0 Å². The summed E-state index contributed by atoms with van der Waals surface area (Å²) < 4.78 is 13.2. The predicted octanol–water partition coefficient (Wildman–Crippen LogP) is 4.17. The lowest BCUT2D eigenvalue weighted by molar-refractivity contribution is -0.130. The number of halogens is 2. The first kappa shape index (κ1) is 18.5. The highest BCUT2D eigenvalue weighted by molar-refractivity contribution is 6.31. The number of carbonyl (C=O) groups is 1. The van der Waals surface area contributed by atoms with Crippen LogP contribution in [0.15, 0.2) is 48.5 Å². The van der Waals surface area contributed by atoms with Gasteiger partial charge in [0.05, 0.1) is 12.0 Å². The second-order valence-corrected chi connectivity index (χ2v) is 8.17. The van der Waals surface area contributed by atoms with Crippen molar-refractivity contribution in [3.05, 3.63) is 70.5 Å². The van der Waals surface area contributed by atoms with E-state index in [1.807, 2.05) is 35.2 Å². The first-order valence-corrected chi connectivity index (χ1v) is 9.85. The summed E-state index contributed by atoms with van der Waals surface area (Å²) >= 11 is 6.08. The van der Waals surface area contributed by atoms with Crippen LogP contribution in [0.25, 0.3) is 0 Å². The molecule has 1 heterocycles. The second kappa shape index (κ2) is 7.25. The summed E-state index contributed by atoms with van der Waals surface area (Å²) in [5, 5.41) is 11.8. The number of rotatable bonds is 3. The van der Waals surface area contributed by atoms with Crippen LogP contribution in [0.2, 0.25) is 5.02 Å². The Morgan fingerprint density at radius 1 is 1.22 bits per heavy atom. The second-order valence-electron chi connectivity index (χ2n) is 7.76. The molecule has 142 valence electrons. The van der Waals surface area contributed by atoms with Gasteiger partial charge >= 0.3 is 0 Å². The van der Waals surface area contributed by atoms with E-state index in [1.54, 1.807) is 6.07 Å². The van der Waals surface area contributed by atoms with Crippen molar-refractivity contribution in [1.82, 2.24) is 4.90 Å². The Morgan fingerprint density at radius 3 is 2.74 bits per heavy atom. The van der Waals surface area contributed by atoms with Crippen LogP contribution in [-0.4, -0.2) is 29.0 Å². The molecule has 2 aromatic carbocycles. The summed E-state index contributed by atoms with van der Waals surface area (Å²) in [5.41, 5.74) is 0.694. The lowest BCUT2D eigenvalue weighted by atomic mass is 9.67. The maximum absolute atomic E-state index is 13.2. The molecule has 3 nitrogen and oxygen atoms in total. The van der Waals surface area contributed by atoms with Crippen LogP contribution >= 0.6 is 11.6 Å². The van der Waals surface area contributed by atoms with Gasteiger partial charge in [0, 0.05) is 24.0 Å². The molecule has 27 heavy (non-hydrogen) atoms. The minimum atomic E-state index is -0.882. The zero-order valence-electron chi connectivity index (χ0n) is 15.1. The average molecular weight is 388 g/mol. The van der Waals surface area contributed by atoms with E-state index in [4.69, 9.17) is 11.6 Å². The molecule has 0 bridgehead atoms. The highest BCUT2D eigenvalue weighted by Crippen LogP contribution is 2.48. The van der Waals surface area contributed by atoms with Crippen LogP contribution in [0.1, 0.15) is 30.4 Å². The molecule has 0 unspecified atom stereocenters. The molecule has 1 saturated heterocycles. The monoisotopic (exact) mass is 387 g/mol. The van der Waals surface area contributed by atoms with Crippen molar-refractivity contribution in [2.24, 2.45) is 11.8 Å². The number of hydrogen-bond acceptors (Lipinski definition) is 2. The number of amides is 1. The van der Waals surface area contributed by atoms with Crippen LogP contribution in [0.5, 0.6) is 0 Å². The van der Waals surface area contributed by atoms with Gasteiger partial charge in [0.15, 0.2) is 0 Å². The maximum Gasteiger partial charge on any atom is 0.227 e. The van der Waals surface area contributed by atoms with Gasteiger partial charge in [-0.1, -0.05) is 48.0 Å². The fraction of sp³-hybridized carbons (Fsp3) is 0.409. The van der Waals surface area contributed by atoms with Crippen molar-refractivity contribution in [1.29, 1.82) is 0 Å². The van der Waals surface area contributed by atoms with Gasteiger partial charge < -0.3 is 10.0 Å². The Balaban J connectivity index is 1.52. The van der Waals surface area contributed by atoms with E-state index in [0.29, 0.717) is 24.6 Å². The molecule has 5 heteroatoms. The van der Waals surface area contributed by atoms with Gasteiger partial charge in [0.1, 0.15) is 5.82 Å². The van der Waals surface area contributed by atoms with Crippen LogP contribution in [0.3, 0.4) is 0 Å². The van der Waals surface area contributed by atoms with Crippen molar-refractivity contribution in [2.45, 2.75) is 31.3 Å². The van der Waals surface area contributed by atoms with E-state index >= 15 is 0 Å². The fourth-order valence-electron chi connectivity index (χ4n) is 4.75. The van der Waals surface area contributed by atoms with E-state index in [1.165, 1.54) is 12.1 Å². The van der Waals surface area contributed by atoms with Gasteiger partial charge in [-0.15, -0.1) is 0 Å².